The average Bonchev–Trinajstić information content (AvgIpc) is 2.69. The van der Waals surface area contributed by atoms with E-state index in [2.05, 4.69) is 4.90 Å². The standard InChI is InChI=1S/C18H25N3O5S/c1-15(22)16-2-4-17(5-3-16)27(24,25)21-8-6-20(7-9-21)18(23)14-19-10-12-26-13-11-19/h2-5H,6-14H2,1H3. The minimum absolute atomic E-state index is 0.0276. The molecule has 1 aromatic rings. The summed E-state index contributed by atoms with van der Waals surface area (Å²) in [7, 11) is -3.62. The van der Waals surface area contributed by atoms with Gasteiger partial charge in [0, 0.05) is 44.8 Å². The summed E-state index contributed by atoms with van der Waals surface area (Å²) in [6.07, 6.45) is 0. The molecule has 0 bridgehead atoms. The third-order valence-corrected chi connectivity index (χ3v) is 6.87. The lowest BCUT2D eigenvalue weighted by atomic mass is 10.2. The Morgan fingerprint density at radius 3 is 2.11 bits per heavy atom. The number of ether oxygens (including phenoxy) is 1. The second-order valence-electron chi connectivity index (χ2n) is 6.75. The van der Waals surface area contributed by atoms with Gasteiger partial charge in [0.1, 0.15) is 0 Å². The maximum absolute atomic E-state index is 12.8. The fourth-order valence-electron chi connectivity index (χ4n) is 3.24. The SMILES string of the molecule is CC(=O)c1ccc(S(=O)(=O)N2CCN(C(=O)CN3CCOCC3)CC2)cc1. The van der Waals surface area contributed by atoms with Gasteiger partial charge in [0.2, 0.25) is 15.9 Å². The van der Waals surface area contributed by atoms with Gasteiger partial charge in [-0.3, -0.25) is 14.5 Å². The second-order valence-corrected chi connectivity index (χ2v) is 8.69. The van der Waals surface area contributed by atoms with Crippen LogP contribution < -0.4 is 0 Å². The molecule has 148 valence electrons. The maximum atomic E-state index is 12.8. The first-order valence-electron chi connectivity index (χ1n) is 9.07. The van der Waals surface area contributed by atoms with E-state index in [9.17, 15) is 18.0 Å². The fourth-order valence-corrected chi connectivity index (χ4v) is 4.66. The zero-order chi connectivity index (χ0) is 19.4. The molecule has 2 aliphatic heterocycles. The van der Waals surface area contributed by atoms with Crippen LogP contribution in [0.2, 0.25) is 0 Å². The summed E-state index contributed by atoms with van der Waals surface area (Å²) >= 11 is 0. The van der Waals surface area contributed by atoms with Crippen LogP contribution in [0.15, 0.2) is 29.2 Å². The van der Waals surface area contributed by atoms with E-state index >= 15 is 0 Å². The minimum Gasteiger partial charge on any atom is -0.379 e. The number of ketones is 1. The number of hydrogen-bond acceptors (Lipinski definition) is 6. The van der Waals surface area contributed by atoms with Crippen molar-refractivity contribution in [2.24, 2.45) is 0 Å². The van der Waals surface area contributed by atoms with Crippen molar-refractivity contribution in [3.05, 3.63) is 29.8 Å². The Kier molecular flexibility index (Phi) is 6.25. The molecule has 8 nitrogen and oxygen atoms in total. The van der Waals surface area contributed by atoms with Crippen LogP contribution in [0.3, 0.4) is 0 Å². The Bertz CT molecular complexity index is 780. The van der Waals surface area contributed by atoms with Gasteiger partial charge in [-0.25, -0.2) is 8.42 Å². The van der Waals surface area contributed by atoms with E-state index in [0.29, 0.717) is 38.4 Å². The van der Waals surface area contributed by atoms with Gasteiger partial charge in [0.05, 0.1) is 24.7 Å². The number of hydrogen-bond donors (Lipinski definition) is 0. The molecule has 1 aromatic carbocycles. The van der Waals surface area contributed by atoms with Crippen molar-refractivity contribution in [3.63, 3.8) is 0 Å². The third-order valence-electron chi connectivity index (χ3n) is 4.95. The molecule has 2 saturated heterocycles. The first-order chi connectivity index (χ1) is 12.9. The highest BCUT2D eigenvalue weighted by Crippen LogP contribution is 2.18. The molecule has 0 radical (unpaired) electrons. The van der Waals surface area contributed by atoms with Crippen molar-refractivity contribution in [2.45, 2.75) is 11.8 Å². The molecule has 0 N–H and O–H groups in total. The van der Waals surface area contributed by atoms with Gasteiger partial charge < -0.3 is 9.64 Å². The van der Waals surface area contributed by atoms with Crippen molar-refractivity contribution in [1.82, 2.24) is 14.1 Å². The lowest BCUT2D eigenvalue weighted by Gasteiger charge is -2.35. The number of Topliss-reactive ketones (excluding diaryl/α,β-unsaturated/α-hetero) is 1. The number of piperazine rings is 1. The average molecular weight is 395 g/mol. The van der Waals surface area contributed by atoms with Gasteiger partial charge in [-0.2, -0.15) is 4.31 Å². The molecule has 0 saturated carbocycles. The summed E-state index contributed by atoms with van der Waals surface area (Å²) in [5.74, 6) is -0.0777. The van der Waals surface area contributed by atoms with Crippen LogP contribution in [0, 0.1) is 0 Å². The highest BCUT2D eigenvalue weighted by atomic mass is 32.2. The molecule has 0 spiro atoms. The Morgan fingerprint density at radius 2 is 1.56 bits per heavy atom. The van der Waals surface area contributed by atoms with Crippen molar-refractivity contribution >= 4 is 21.7 Å². The molecule has 2 fully saturated rings. The molecule has 9 heteroatoms. The van der Waals surface area contributed by atoms with Gasteiger partial charge in [-0.05, 0) is 19.1 Å². The summed E-state index contributed by atoms with van der Waals surface area (Å²) in [5.41, 5.74) is 0.479. The molecule has 0 atom stereocenters. The summed E-state index contributed by atoms with van der Waals surface area (Å²) in [6, 6.07) is 5.97. The minimum atomic E-state index is -3.62. The quantitative estimate of drug-likeness (QED) is 0.655. The molecular weight excluding hydrogens is 370 g/mol. The Hall–Kier alpha value is -1.81. The lowest BCUT2D eigenvalue weighted by Crippen LogP contribution is -2.53. The summed E-state index contributed by atoms with van der Waals surface area (Å²) < 4.78 is 32.2. The number of morpholine rings is 1. The van der Waals surface area contributed by atoms with Gasteiger partial charge in [0.25, 0.3) is 0 Å². The second kappa shape index (κ2) is 8.47. The van der Waals surface area contributed by atoms with Gasteiger partial charge >= 0.3 is 0 Å². The molecule has 2 heterocycles. The third kappa shape index (κ3) is 4.73. The number of benzene rings is 1. The van der Waals surface area contributed by atoms with Gasteiger partial charge in [-0.15, -0.1) is 0 Å². The molecule has 1 amide bonds. The first kappa shape index (κ1) is 19.9. The van der Waals surface area contributed by atoms with Crippen LogP contribution in [-0.4, -0.2) is 93.2 Å². The summed E-state index contributed by atoms with van der Waals surface area (Å²) in [5, 5.41) is 0. The van der Waals surface area contributed by atoms with Crippen LogP contribution in [0.25, 0.3) is 0 Å². The van der Waals surface area contributed by atoms with Crippen molar-refractivity contribution in [2.75, 3.05) is 59.0 Å². The number of carbonyl (C=O) groups is 2. The highest BCUT2D eigenvalue weighted by Gasteiger charge is 2.30. The van der Waals surface area contributed by atoms with E-state index in [-0.39, 0.29) is 29.7 Å². The number of sulfonamides is 1. The molecule has 0 aromatic heterocycles. The predicted molar refractivity (Wildman–Crippen MR) is 99.0 cm³/mol. The largest absolute Gasteiger partial charge is 0.379 e. The molecule has 0 aliphatic carbocycles. The Labute approximate surface area is 159 Å². The molecular formula is C18H25N3O5S. The fraction of sp³-hybridized carbons (Fsp3) is 0.556. The molecule has 0 unspecified atom stereocenters. The monoisotopic (exact) mass is 395 g/mol. The van der Waals surface area contributed by atoms with Crippen LogP contribution in [0.1, 0.15) is 17.3 Å². The van der Waals surface area contributed by atoms with Crippen molar-refractivity contribution in [1.29, 1.82) is 0 Å². The number of nitrogens with zero attached hydrogens (tertiary/aromatic N) is 3. The van der Waals surface area contributed by atoms with E-state index in [1.54, 1.807) is 4.90 Å². The van der Waals surface area contributed by atoms with Crippen LogP contribution >= 0.6 is 0 Å². The summed E-state index contributed by atoms with van der Waals surface area (Å²) in [6.45, 7) is 5.87. The lowest BCUT2D eigenvalue weighted by molar-refractivity contribution is -0.134. The van der Waals surface area contributed by atoms with E-state index in [4.69, 9.17) is 4.74 Å². The normalized spacial score (nSPS) is 19.8. The Morgan fingerprint density at radius 1 is 0.963 bits per heavy atom. The smallest absolute Gasteiger partial charge is 0.243 e. The van der Waals surface area contributed by atoms with Crippen LogP contribution in [-0.2, 0) is 19.6 Å². The highest BCUT2D eigenvalue weighted by molar-refractivity contribution is 7.89. The predicted octanol–water partition coefficient (Wildman–Crippen LogP) is 0.0543. The zero-order valence-electron chi connectivity index (χ0n) is 15.5. The molecule has 2 aliphatic rings. The van der Waals surface area contributed by atoms with Gasteiger partial charge in [-0.1, -0.05) is 12.1 Å². The van der Waals surface area contributed by atoms with E-state index in [0.717, 1.165) is 13.1 Å². The van der Waals surface area contributed by atoms with Gasteiger partial charge in [0.15, 0.2) is 5.78 Å². The van der Waals surface area contributed by atoms with E-state index in [1.807, 2.05) is 0 Å². The zero-order valence-corrected chi connectivity index (χ0v) is 16.3. The van der Waals surface area contributed by atoms with Crippen LogP contribution in [0.4, 0.5) is 0 Å². The summed E-state index contributed by atoms with van der Waals surface area (Å²) in [4.78, 5) is 27.7. The Balaban J connectivity index is 1.57. The maximum Gasteiger partial charge on any atom is 0.243 e. The molecule has 27 heavy (non-hydrogen) atoms. The number of carbonyl (C=O) groups excluding carboxylic acids is 2. The van der Waals surface area contributed by atoms with Crippen LogP contribution in [0.5, 0.6) is 0 Å². The number of rotatable bonds is 5. The van der Waals surface area contributed by atoms with Crippen molar-refractivity contribution in [3.8, 4) is 0 Å². The van der Waals surface area contributed by atoms with E-state index < -0.39 is 10.0 Å². The molecule has 3 rings (SSSR count). The first-order valence-corrected chi connectivity index (χ1v) is 10.5. The van der Waals surface area contributed by atoms with Crippen molar-refractivity contribution < 1.29 is 22.7 Å². The van der Waals surface area contributed by atoms with E-state index in [1.165, 1.54) is 35.5 Å². The number of amides is 1. The topological polar surface area (TPSA) is 87.2 Å².